The summed E-state index contributed by atoms with van der Waals surface area (Å²) in [6, 6.07) is 13.7. The lowest BCUT2D eigenvalue weighted by atomic mass is 10.2. The Kier molecular flexibility index (Phi) is 5.05. The Hall–Kier alpha value is -3.43. The molecule has 31 heavy (non-hydrogen) atoms. The zero-order valence-electron chi connectivity index (χ0n) is 17.0. The van der Waals surface area contributed by atoms with Crippen LogP contribution in [0.1, 0.15) is 0 Å². The van der Waals surface area contributed by atoms with Crippen molar-refractivity contribution in [3.63, 3.8) is 0 Å². The number of hydrogen-bond acceptors (Lipinski definition) is 8. The molecule has 1 aliphatic rings. The van der Waals surface area contributed by atoms with Gasteiger partial charge in [0.05, 0.1) is 5.52 Å². The van der Waals surface area contributed by atoms with Gasteiger partial charge in [0.15, 0.2) is 5.82 Å². The number of nitrogens with two attached hydrogens (primary N) is 1. The van der Waals surface area contributed by atoms with E-state index < -0.39 is 0 Å². The molecule has 5 rings (SSSR count). The van der Waals surface area contributed by atoms with E-state index in [1.807, 2.05) is 18.2 Å². The zero-order chi connectivity index (χ0) is 21.4. The standard InChI is InChI=1S/C21H22ClN9/c1-29-8-10-30(11-9-29)16-5-3-15(4-6-16)26-21-27-20(23)28-31(21)19-17-12-14(22)2-7-18(17)24-13-25-19/h2-7,12-13H,8-11H2,1H3,(H3,23,26,27,28). The number of fused-ring (bicyclic) bond motifs is 1. The Labute approximate surface area is 184 Å². The monoisotopic (exact) mass is 435 g/mol. The van der Waals surface area contributed by atoms with Crippen molar-refractivity contribution in [3.8, 4) is 5.82 Å². The molecule has 1 saturated heterocycles. The van der Waals surface area contributed by atoms with Crippen LogP contribution in [-0.4, -0.2) is 62.9 Å². The third-order valence-corrected chi connectivity index (χ3v) is 5.63. The van der Waals surface area contributed by atoms with Crippen LogP contribution < -0.4 is 16.0 Å². The highest BCUT2D eigenvalue weighted by Gasteiger charge is 2.16. The average molecular weight is 436 g/mol. The van der Waals surface area contributed by atoms with Gasteiger partial charge in [0.1, 0.15) is 6.33 Å². The van der Waals surface area contributed by atoms with Gasteiger partial charge in [-0.3, -0.25) is 0 Å². The molecule has 0 bridgehead atoms. The molecule has 0 unspecified atom stereocenters. The summed E-state index contributed by atoms with van der Waals surface area (Å²) in [5.74, 6) is 1.16. The van der Waals surface area contributed by atoms with Crippen molar-refractivity contribution in [2.75, 3.05) is 49.2 Å². The van der Waals surface area contributed by atoms with Gasteiger partial charge in [-0.2, -0.15) is 9.67 Å². The molecular formula is C21H22ClN9. The molecule has 158 valence electrons. The second-order valence-electron chi connectivity index (χ2n) is 7.53. The first-order chi connectivity index (χ1) is 15.1. The maximum Gasteiger partial charge on any atom is 0.241 e. The number of nitrogens with zero attached hydrogens (tertiary/aromatic N) is 7. The number of rotatable bonds is 4. The van der Waals surface area contributed by atoms with Crippen LogP contribution in [0.15, 0.2) is 48.8 Å². The highest BCUT2D eigenvalue weighted by Crippen LogP contribution is 2.26. The third-order valence-electron chi connectivity index (χ3n) is 5.39. The first-order valence-corrected chi connectivity index (χ1v) is 10.4. The lowest BCUT2D eigenvalue weighted by Crippen LogP contribution is -2.44. The Morgan fingerprint density at radius 2 is 1.77 bits per heavy atom. The minimum atomic E-state index is 0.144. The number of nitrogens with one attached hydrogen (secondary N) is 1. The summed E-state index contributed by atoms with van der Waals surface area (Å²) in [4.78, 5) is 17.8. The number of hydrogen-bond donors (Lipinski definition) is 2. The molecule has 0 atom stereocenters. The van der Waals surface area contributed by atoms with Gasteiger partial charge in [-0.25, -0.2) is 9.97 Å². The topological polar surface area (TPSA) is 101 Å². The molecule has 3 heterocycles. The van der Waals surface area contributed by atoms with Crippen LogP contribution in [0, 0.1) is 0 Å². The summed E-state index contributed by atoms with van der Waals surface area (Å²) < 4.78 is 1.57. The van der Waals surface area contributed by atoms with E-state index in [1.165, 1.54) is 12.0 Å². The molecule has 0 spiro atoms. The van der Waals surface area contributed by atoms with Crippen molar-refractivity contribution >= 4 is 45.8 Å². The number of piperazine rings is 1. The van der Waals surface area contributed by atoms with Crippen LogP contribution >= 0.6 is 11.6 Å². The molecule has 0 amide bonds. The quantitative estimate of drug-likeness (QED) is 0.504. The van der Waals surface area contributed by atoms with Gasteiger partial charge < -0.3 is 20.9 Å². The minimum absolute atomic E-state index is 0.144. The number of halogens is 1. The summed E-state index contributed by atoms with van der Waals surface area (Å²) >= 11 is 6.19. The predicted molar refractivity (Wildman–Crippen MR) is 123 cm³/mol. The van der Waals surface area contributed by atoms with Gasteiger partial charge in [-0.1, -0.05) is 11.6 Å². The van der Waals surface area contributed by atoms with Gasteiger partial charge in [0, 0.05) is 48.0 Å². The average Bonchev–Trinajstić information content (AvgIpc) is 3.14. The molecule has 4 aromatic rings. The van der Waals surface area contributed by atoms with Crippen molar-refractivity contribution in [2.45, 2.75) is 0 Å². The fourth-order valence-corrected chi connectivity index (χ4v) is 3.86. The number of nitrogen functional groups attached to an aromatic ring is 1. The number of likely N-dealkylation sites (N-methyl/N-ethyl adjacent to an activating group) is 1. The van der Waals surface area contributed by atoms with E-state index in [0.717, 1.165) is 42.8 Å². The first-order valence-electron chi connectivity index (χ1n) is 10.0. The van der Waals surface area contributed by atoms with E-state index in [0.29, 0.717) is 16.8 Å². The van der Waals surface area contributed by atoms with Crippen molar-refractivity contribution in [3.05, 3.63) is 53.8 Å². The van der Waals surface area contributed by atoms with Crippen molar-refractivity contribution in [2.24, 2.45) is 0 Å². The summed E-state index contributed by atoms with van der Waals surface area (Å²) in [6.45, 7) is 4.19. The SMILES string of the molecule is CN1CCN(c2ccc(Nc3nc(N)nn3-c3ncnc4ccc(Cl)cc34)cc2)CC1. The normalized spacial score (nSPS) is 14.8. The molecule has 1 aliphatic heterocycles. The fourth-order valence-electron chi connectivity index (χ4n) is 3.69. The zero-order valence-corrected chi connectivity index (χ0v) is 17.8. The highest BCUT2D eigenvalue weighted by molar-refractivity contribution is 6.31. The van der Waals surface area contributed by atoms with Gasteiger partial charge in [0.2, 0.25) is 11.9 Å². The second kappa shape index (κ2) is 8.01. The molecular weight excluding hydrogens is 414 g/mol. The summed E-state index contributed by atoms with van der Waals surface area (Å²) in [5, 5.41) is 8.97. The summed E-state index contributed by atoms with van der Waals surface area (Å²) in [6.07, 6.45) is 1.48. The molecule has 0 aliphatic carbocycles. The molecule has 0 radical (unpaired) electrons. The molecule has 3 N–H and O–H groups in total. The first kappa shape index (κ1) is 19.5. The van der Waals surface area contributed by atoms with Crippen molar-refractivity contribution in [1.29, 1.82) is 0 Å². The van der Waals surface area contributed by atoms with E-state index >= 15 is 0 Å². The largest absolute Gasteiger partial charge is 0.369 e. The molecule has 1 fully saturated rings. The van der Waals surface area contributed by atoms with E-state index in [1.54, 1.807) is 16.8 Å². The second-order valence-corrected chi connectivity index (χ2v) is 7.96. The highest BCUT2D eigenvalue weighted by atomic mass is 35.5. The van der Waals surface area contributed by atoms with Crippen LogP contribution in [0.25, 0.3) is 16.7 Å². The smallest absolute Gasteiger partial charge is 0.241 e. The van der Waals surface area contributed by atoms with Gasteiger partial charge in [0.25, 0.3) is 0 Å². The van der Waals surface area contributed by atoms with Crippen LogP contribution in [0.5, 0.6) is 0 Å². The van der Waals surface area contributed by atoms with E-state index in [-0.39, 0.29) is 5.95 Å². The lowest BCUT2D eigenvalue weighted by Gasteiger charge is -2.34. The molecule has 10 heteroatoms. The number of aromatic nitrogens is 5. The maximum absolute atomic E-state index is 6.19. The number of anilines is 4. The van der Waals surface area contributed by atoms with Crippen LogP contribution in [0.4, 0.5) is 23.3 Å². The summed E-state index contributed by atoms with van der Waals surface area (Å²) in [7, 11) is 2.15. The Bertz CT molecular complexity index is 1210. The Morgan fingerprint density at radius 1 is 1.00 bits per heavy atom. The van der Waals surface area contributed by atoms with Gasteiger partial charge >= 0.3 is 0 Å². The molecule has 0 saturated carbocycles. The molecule has 2 aromatic carbocycles. The van der Waals surface area contributed by atoms with Crippen molar-refractivity contribution < 1.29 is 0 Å². The Morgan fingerprint density at radius 3 is 2.55 bits per heavy atom. The number of benzene rings is 2. The van der Waals surface area contributed by atoms with E-state index in [4.69, 9.17) is 17.3 Å². The van der Waals surface area contributed by atoms with Crippen LogP contribution in [0.2, 0.25) is 5.02 Å². The van der Waals surface area contributed by atoms with E-state index in [2.05, 4.69) is 54.3 Å². The minimum Gasteiger partial charge on any atom is -0.369 e. The van der Waals surface area contributed by atoms with Crippen LogP contribution in [0.3, 0.4) is 0 Å². The van der Waals surface area contributed by atoms with Crippen molar-refractivity contribution in [1.82, 2.24) is 29.6 Å². The maximum atomic E-state index is 6.19. The molecule has 2 aromatic heterocycles. The third kappa shape index (κ3) is 3.97. The van der Waals surface area contributed by atoms with Gasteiger partial charge in [-0.15, -0.1) is 5.10 Å². The predicted octanol–water partition coefficient (Wildman–Crippen LogP) is 2.94. The Balaban J connectivity index is 1.44. The fraction of sp³-hybridized carbons (Fsp3) is 0.238. The lowest BCUT2D eigenvalue weighted by molar-refractivity contribution is 0.313. The van der Waals surface area contributed by atoms with Crippen LogP contribution in [-0.2, 0) is 0 Å². The summed E-state index contributed by atoms with van der Waals surface area (Å²) in [5.41, 5.74) is 8.75. The molecule has 9 nitrogen and oxygen atoms in total. The van der Waals surface area contributed by atoms with E-state index in [9.17, 15) is 0 Å². The van der Waals surface area contributed by atoms with Gasteiger partial charge in [-0.05, 0) is 49.5 Å².